The van der Waals surface area contributed by atoms with Crippen LogP contribution in [0.5, 0.6) is 0 Å². The van der Waals surface area contributed by atoms with E-state index >= 15 is 0 Å². The van der Waals surface area contributed by atoms with E-state index in [-0.39, 0.29) is 0 Å². The molecule has 0 aromatic heterocycles. The molecule has 0 aliphatic heterocycles. The van der Waals surface area contributed by atoms with Crippen LogP contribution in [0.1, 0.15) is 0 Å². The molecule has 0 unspecified atom stereocenters. The zero-order valence-electron chi connectivity index (χ0n) is 4.08. The number of nitrogens with zero attached hydrogens (tertiary/aromatic N) is 1. The first kappa shape index (κ1) is 8.13. The maximum atomic E-state index is 9.96. The zero-order valence-corrected chi connectivity index (χ0v) is 6.56. The van der Waals surface area contributed by atoms with E-state index in [4.69, 9.17) is 0 Å². The third kappa shape index (κ3) is 3.17. The van der Waals surface area contributed by atoms with Crippen molar-refractivity contribution in [1.82, 2.24) is 3.33 Å². The summed E-state index contributed by atoms with van der Waals surface area (Å²) in [5, 5.41) is 0. The molecular weight excluding hydrogens is 194 g/mol. The molecule has 48 valence electrons. The number of halogens is 1. The van der Waals surface area contributed by atoms with Gasteiger partial charge in [0.1, 0.15) is 0 Å². The lowest BCUT2D eigenvalue weighted by molar-refractivity contribution is 0.582. The molecule has 5 heteroatoms. The van der Waals surface area contributed by atoms with Gasteiger partial charge in [-0.3, -0.25) is 0 Å². The number of hydrogen-bond donors (Lipinski definition) is 1. The summed E-state index contributed by atoms with van der Waals surface area (Å²) in [6.07, 6.45) is 1.49. The maximum absolute atomic E-state index is 9.96. The Bertz CT molecular complexity index is 136. The van der Waals surface area contributed by atoms with Crippen molar-refractivity contribution >= 4 is 27.0 Å². The Balaban J connectivity index is 3.64. The molecule has 0 saturated heterocycles. The van der Waals surface area contributed by atoms with Crippen LogP contribution in [0.4, 0.5) is 0 Å². The SMILES string of the molecule is C=CCN(Br)[SH](=O)=O. The average Bonchev–Trinajstić information content (AvgIpc) is 1.67. The van der Waals surface area contributed by atoms with Crippen LogP contribution in [0.25, 0.3) is 0 Å². The van der Waals surface area contributed by atoms with Crippen LogP contribution < -0.4 is 0 Å². The Hall–Kier alpha value is 0.130. The van der Waals surface area contributed by atoms with Gasteiger partial charge in [-0.25, -0.2) is 8.42 Å². The standard InChI is InChI=1S/C3H6BrNO2S/c1-2-3-5(4)8(6)7/h2,8H,1,3H2. The van der Waals surface area contributed by atoms with Crippen molar-refractivity contribution in [1.29, 1.82) is 0 Å². The van der Waals surface area contributed by atoms with Crippen LogP contribution in [0.2, 0.25) is 0 Å². The molecule has 0 aliphatic rings. The minimum atomic E-state index is -2.49. The Morgan fingerprint density at radius 2 is 2.25 bits per heavy atom. The zero-order chi connectivity index (χ0) is 6.57. The van der Waals surface area contributed by atoms with Crippen molar-refractivity contribution in [2.75, 3.05) is 6.54 Å². The number of rotatable bonds is 3. The van der Waals surface area contributed by atoms with Crippen LogP contribution in [-0.2, 0) is 10.9 Å². The van der Waals surface area contributed by atoms with Crippen LogP contribution in [0.15, 0.2) is 12.7 Å². The van der Waals surface area contributed by atoms with Gasteiger partial charge in [-0.05, 0) is 0 Å². The minimum absolute atomic E-state index is 0.304. The van der Waals surface area contributed by atoms with Gasteiger partial charge < -0.3 is 0 Å². The molecule has 0 saturated carbocycles. The van der Waals surface area contributed by atoms with Crippen molar-refractivity contribution in [2.45, 2.75) is 0 Å². The van der Waals surface area contributed by atoms with Crippen molar-refractivity contribution in [3.63, 3.8) is 0 Å². The number of thiol groups is 1. The lowest BCUT2D eigenvalue weighted by Gasteiger charge is -1.97. The van der Waals surface area contributed by atoms with Gasteiger partial charge in [0.25, 0.3) is 0 Å². The summed E-state index contributed by atoms with van der Waals surface area (Å²) in [6, 6.07) is 0. The third-order valence-electron chi connectivity index (χ3n) is 0.457. The van der Waals surface area contributed by atoms with E-state index in [2.05, 4.69) is 22.7 Å². The molecular formula is C3H6BrNO2S. The molecule has 0 rings (SSSR count). The maximum Gasteiger partial charge on any atom is 0.213 e. The largest absolute Gasteiger partial charge is 0.214 e. The van der Waals surface area contributed by atoms with E-state index in [1.54, 1.807) is 0 Å². The molecule has 0 aliphatic carbocycles. The van der Waals surface area contributed by atoms with Gasteiger partial charge in [0.15, 0.2) is 0 Å². The monoisotopic (exact) mass is 199 g/mol. The van der Waals surface area contributed by atoms with E-state index in [1.165, 1.54) is 6.08 Å². The average molecular weight is 200 g/mol. The molecule has 0 heterocycles. The fourth-order valence-electron chi connectivity index (χ4n) is 0.173. The Kier molecular flexibility index (Phi) is 4.12. The predicted molar refractivity (Wildman–Crippen MR) is 36.1 cm³/mol. The molecule has 0 spiro atoms. The molecule has 8 heavy (non-hydrogen) atoms. The molecule has 0 aromatic rings. The molecule has 0 aromatic carbocycles. The van der Waals surface area contributed by atoms with Gasteiger partial charge in [-0.2, -0.15) is 0 Å². The molecule has 0 N–H and O–H groups in total. The Morgan fingerprint density at radius 1 is 1.75 bits per heavy atom. The lowest BCUT2D eigenvalue weighted by Crippen LogP contribution is -2.07. The summed E-state index contributed by atoms with van der Waals surface area (Å²) in [5.41, 5.74) is 0. The van der Waals surface area contributed by atoms with Gasteiger partial charge in [-0.15, -0.1) is 9.91 Å². The Morgan fingerprint density at radius 3 is 2.38 bits per heavy atom. The van der Waals surface area contributed by atoms with Gasteiger partial charge in [0.2, 0.25) is 10.9 Å². The highest BCUT2D eigenvalue weighted by molar-refractivity contribution is 9.08. The quantitative estimate of drug-likeness (QED) is 0.404. The predicted octanol–water partition coefficient (Wildman–Crippen LogP) is 0.311. The van der Waals surface area contributed by atoms with Crippen molar-refractivity contribution < 1.29 is 8.42 Å². The van der Waals surface area contributed by atoms with Gasteiger partial charge in [0.05, 0.1) is 0 Å². The summed E-state index contributed by atoms with van der Waals surface area (Å²) in [6.45, 7) is 3.65. The van der Waals surface area contributed by atoms with E-state index in [0.29, 0.717) is 6.54 Å². The topological polar surface area (TPSA) is 37.4 Å². The highest BCUT2D eigenvalue weighted by Gasteiger charge is 1.94. The van der Waals surface area contributed by atoms with Crippen LogP contribution in [-0.4, -0.2) is 18.3 Å². The molecule has 0 radical (unpaired) electrons. The van der Waals surface area contributed by atoms with Crippen LogP contribution in [0.3, 0.4) is 0 Å². The first-order valence-electron chi connectivity index (χ1n) is 1.87. The highest BCUT2D eigenvalue weighted by Crippen LogP contribution is 1.94. The summed E-state index contributed by atoms with van der Waals surface area (Å²) in [5.74, 6) is 0. The van der Waals surface area contributed by atoms with Gasteiger partial charge in [-0.1, -0.05) is 6.08 Å². The van der Waals surface area contributed by atoms with E-state index in [0.717, 1.165) is 3.33 Å². The normalized spacial score (nSPS) is 10.4. The summed E-state index contributed by atoms with van der Waals surface area (Å²) >= 11 is 2.77. The van der Waals surface area contributed by atoms with E-state index in [1.807, 2.05) is 0 Å². The first-order valence-corrected chi connectivity index (χ1v) is 3.71. The van der Waals surface area contributed by atoms with Crippen molar-refractivity contribution in [3.05, 3.63) is 12.7 Å². The second kappa shape index (κ2) is 4.05. The number of hydrogen-bond acceptors (Lipinski definition) is 2. The molecule has 0 fully saturated rings. The van der Waals surface area contributed by atoms with Crippen LogP contribution in [0, 0.1) is 0 Å². The second-order valence-corrected chi connectivity index (χ2v) is 3.41. The summed E-state index contributed by atoms with van der Waals surface area (Å²) in [4.78, 5) is 0. The molecule has 0 bridgehead atoms. The fourth-order valence-corrected chi connectivity index (χ4v) is 0.627. The molecule has 0 atom stereocenters. The fraction of sp³-hybridized carbons (Fsp3) is 0.333. The Labute approximate surface area is 58.4 Å². The third-order valence-corrected chi connectivity index (χ3v) is 2.04. The van der Waals surface area contributed by atoms with Crippen molar-refractivity contribution in [2.24, 2.45) is 0 Å². The lowest BCUT2D eigenvalue weighted by atomic mass is 10.7. The smallest absolute Gasteiger partial charge is 0.213 e. The molecule has 0 amide bonds. The second-order valence-electron chi connectivity index (χ2n) is 1.05. The van der Waals surface area contributed by atoms with E-state index in [9.17, 15) is 8.42 Å². The highest BCUT2D eigenvalue weighted by atomic mass is 79.9. The van der Waals surface area contributed by atoms with E-state index < -0.39 is 10.9 Å². The summed E-state index contributed by atoms with van der Waals surface area (Å²) < 4.78 is 20.9. The van der Waals surface area contributed by atoms with Gasteiger partial charge >= 0.3 is 0 Å². The van der Waals surface area contributed by atoms with Crippen molar-refractivity contribution in [3.8, 4) is 0 Å². The van der Waals surface area contributed by atoms with Crippen LogP contribution >= 0.6 is 16.1 Å². The molecule has 3 nitrogen and oxygen atoms in total. The summed E-state index contributed by atoms with van der Waals surface area (Å²) in [7, 11) is -2.49. The minimum Gasteiger partial charge on any atom is -0.214 e. The van der Waals surface area contributed by atoms with Gasteiger partial charge in [0, 0.05) is 22.7 Å². The first-order chi connectivity index (χ1) is 3.68.